The van der Waals surface area contributed by atoms with E-state index in [1.165, 1.54) is 15.3 Å². The lowest BCUT2D eigenvalue weighted by molar-refractivity contribution is 0.106. The Labute approximate surface area is 173 Å². The second kappa shape index (κ2) is 9.65. The van der Waals surface area contributed by atoms with Gasteiger partial charge in [-0.25, -0.2) is 4.79 Å². The lowest BCUT2D eigenvalue weighted by Crippen LogP contribution is -2.34. The largest absolute Gasteiger partial charge is 0.493 e. The van der Waals surface area contributed by atoms with E-state index in [1.807, 2.05) is 31.2 Å². The molecular weight excluding hydrogens is 394 g/mol. The number of hydrogen-bond donors (Lipinski definition) is 3. The Kier molecular flexibility index (Phi) is 6.98. The van der Waals surface area contributed by atoms with Crippen LogP contribution in [0.3, 0.4) is 0 Å². The third kappa shape index (κ3) is 5.41. The summed E-state index contributed by atoms with van der Waals surface area (Å²) < 4.78 is 8.23. The van der Waals surface area contributed by atoms with Gasteiger partial charge in [0.15, 0.2) is 0 Å². The van der Waals surface area contributed by atoms with E-state index < -0.39 is 6.10 Å². The molecule has 0 radical (unpaired) electrons. The van der Waals surface area contributed by atoms with Crippen molar-refractivity contribution in [3.05, 3.63) is 75.8 Å². The topological polar surface area (TPSA) is 88.7 Å². The smallest absolute Gasteiger partial charge is 0.335 e. The van der Waals surface area contributed by atoms with Gasteiger partial charge in [-0.3, -0.25) is 9.13 Å². The van der Waals surface area contributed by atoms with E-state index >= 15 is 0 Å². The summed E-state index contributed by atoms with van der Waals surface area (Å²) in [6, 6.07) is 14.4. The van der Waals surface area contributed by atoms with Gasteiger partial charge in [-0.1, -0.05) is 29.8 Å². The SMILES string of the molecule is Cc1ccccc1OCC(O)CNCCn1c(O)cn(-c2ccc(Cl)cc2)c1=O. The molecule has 0 aliphatic rings. The number of ether oxygens (including phenoxy) is 1. The molecule has 0 bridgehead atoms. The Balaban J connectivity index is 1.49. The molecule has 1 aromatic heterocycles. The van der Waals surface area contributed by atoms with E-state index in [0.29, 0.717) is 23.8 Å². The second-order valence-corrected chi connectivity index (χ2v) is 7.14. The minimum Gasteiger partial charge on any atom is -0.493 e. The van der Waals surface area contributed by atoms with Crippen molar-refractivity contribution in [2.45, 2.75) is 19.6 Å². The Morgan fingerprint density at radius 1 is 1.17 bits per heavy atom. The average Bonchev–Trinajstić information content (AvgIpc) is 2.99. The van der Waals surface area contributed by atoms with Crippen molar-refractivity contribution >= 4 is 11.6 Å². The summed E-state index contributed by atoms with van der Waals surface area (Å²) in [6.45, 7) is 3.08. The van der Waals surface area contributed by atoms with E-state index in [0.717, 1.165) is 11.3 Å². The minimum absolute atomic E-state index is 0.129. The summed E-state index contributed by atoms with van der Waals surface area (Å²) in [6.07, 6.45) is 0.676. The molecule has 3 rings (SSSR count). The summed E-state index contributed by atoms with van der Waals surface area (Å²) in [5.74, 6) is 0.613. The maximum absolute atomic E-state index is 12.5. The normalized spacial score (nSPS) is 12.1. The number of aliphatic hydroxyl groups is 1. The molecule has 3 N–H and O–H groups in total. The van der Waals surface area contributed by atoms with Gasteiger partial charge in [-0.15, -0.1) is 0 Å². The molecule has 154 valence electrons. The first-order chi connectivity index (χ1) is 14.0. The molecule has 29 heavy (non-hydrogen) atoms. The highest BCUT2D eigenvalue weighted by Gasteiger charge is 2.12. The maximum Gasteiger partial charge on any atom is 0.335 e. The third-order valence-corrected chi connectivity index (χ3v) is 4.73. The maximum atomic E-state index is 12.5. The first-order valence-electron chi connectivity index (χ1n) is 9.30. The van der Waals surface area contributed by atoms with Gasteiger partial charge < -0.3 is 20.3 Å². The van der Waals surface area contributed by atoms with Gasteiger partial charge in [-0.05, 0) is 42.8 Å². The van der Waals surface area contributed by atoms with Crippen LogP contribution in [-0.2, 0) is 6.54 Å². The molecule has 2 aromatic carbocycles. The third-order valence-electron chi connectivity index (χ3n) is 4.48. The molecule has 8 heteroatoms. The van der Waals surface area contributed by atoms with Crippen LogP contribution in [0.2, 0.25) is 5.02 Å². The van der Waals surface area contributed by atoms with E-state index in [2.05, 4.69) is 5.32 Å². The number of aryl methyl sites for hydroxylation is 1. The summed E-state index contributed by atoms with van der Waals surface area (Å²) >= 11 is 5.87. The van der Waals surface area contributed by atoms with Crippen molar-refractivity contribution in [1.29, 1.82) is 0 Å². The van der Waals surface area contributed by atoms with Crippen LogP contribution >= 0.6 is 11.6 Å². The Bertz CT molecular complexity index is 998. The van der Waals surface area contributed by atoms with Gasteiger partial charge in [0.2, 0.25) is 5.88 Å². The lowest BCUT2D eigenvalue weighted by atomic mass is 10.2. The van der Waals surface area contributed by atoms with Crippen LogP contribution in [0.4, 0.5) is 0 Å². The molecule has 1 atom stereocenters. The quantitative estimate of drug-likeness (QED) is 0.465. The molecule has 0 saturated heterocycles. The number of aromatic nitrogens is 2. The van der Waals surface area contributed by atoms with E-state index in [4.69, 9.17) is 16.3 Å². The molecule has 0 saturated carbocycles. The van der Waals surface area contributed by atoms with Crippen molar-refractivity contribution < 1.29 is 14.9 Å². The van der Waals surface area contributed by atoms with E-state index in [1.54, 1.807) is 24.3 Å². The van der Waals surface area contributed by atoms with Crippen LogP contribution in [0, 0.1) is 6.92 Å². The van der Waals surface area contributed by atoms with Crippen LogP contribution in [0.1, 0.15) is 5.56 Å². The van der Waals surface area contributed by atoms with Crippen molar-refractivity contribution in [2.24, 2.45) is 0 Å². The molecular formula is C21H24ClN3O4. The Morgan fingerprint density at radius 2 is 1.90 bits per heavy atom. The monoisotopic (exact) mass is 417 g/mol. The van der Waals surface area contributed by atoms with Crippen LogP contribution < -0.4 is 15.7 Å². The van der Waals surface area contributed by atoms with Gasteiger partial charge in [0.1, 0.15) is 18.5 Å². The zero-order chi connectivity index (χ0) is 20.8. The first kappa shape index (κ1) is 21.0. The van der Waals surface area contributed by atoms with Crippen LogP contribution in [0.25, 0.3) is 5.69 Å². The molecule has 0 fully saturated rings. The van der Waals surface area contributed by atoms with Crippen molar-refractivity contribution in [3.8, 4) is 17.3 Å². The molecule has 0 amide bonds. The molecule has 1 unspecified atom stereocenters. The zero-order valence-electron chi connectivity index (χ0n) is 16.1. The lowest BCUT2D eigenvalue weighted by Gasteiger charge is -2.14. The summed E-state index contributed by atoms with van der Waals surface area (Å²) in [5, 5.41) is 23.8. The van der Waals surface area contributed by atoms with Crippen LogP contribution in [-0.4, -0.2) is 45.1 Å². The molecule has 0 spiro atoms. The number of aliphatic hydroxyl groups excluding tert-OH is 1. The zero-order valence-corrected chi connectivity index (χ0v) is 16.8. The predicted molar refractivity (Wildman–Crippen MR) is 112 cm³/mol. The van der Waals surface area contributed by atoms with Gasteiger partial charge in [0.05, 0.1) is 11.9 Å². The second-order valence-electron chi connectivity index (χ2n) is 6.70. The predicted octanol–water partition coefficient (Wildman–Crippen LogP) is 2.34. The molecule has 7 nitrogen and oxygen atoms in total. The molecule has 0 aliphatic heterocycles. The molecule has 0 aliphatic carbocycles. The number of rotatable bonds is 9. The molecule has 1 heterocycles. The van der Waals surface area contributed by atoms with Crippen molar-refractivity contribution in [1.82, 2.24) is 14.5 Å². The van der Waals surface area contributed by atoms with Crippen molar-refractivity contribution in [2.75, 3.05) is 19.7 Å². The Morgan fingerprint density at radius 3 is 2.62 bits per heavy atom. The highest BCUT2D eigenvalue weighted by molar-refractivity contribution is 6.30. The number of para-hydroxylation sites is 1. The number of hydrogen-bond acceptors (Lipinski definition) is 5. The fourth-order valence-electron chi connectivity index (χ4n) is 2.89. The van der Waals surface area contributed by atoms with Crippen LogP contribution in [0.15, 0.2) is 59.5 Å². The molecule has 3 aromatic rings. The average molecular weight is 418 g/mol. The number of nitrogens with one attached hydrogen (secondary N) is 1. The number of benzene rings is 2. The summed E-state index contributed by atoms with van der Waals surface area (Å²) in [5.41, 5.74) is 1.27. The van der Waals surface area contributed by atoms with Gasteiger partial charge in [-0.2, -0.15) is 0 Å². The minimum atomic E-state index is -0.696. The number of nitrogens with zero attached hydrogens (tertiary/aromatic N) is 2. The fraction of sp³-hybridized carbons (Fsp3) is 0.286. The first-order valence-corrected chi connectivity index (χ1v) is 9.68. The summed E-state index contributed by atoms with van der Waals surface area (Å²) in [7, 11) is 0. The Hall–Kier alpha value is -2.74. The van der Waals surface area contributed by atoms with Gasteiger partial charge in [0.25, 0.3) is 0 Å². The highest BCUT2D eigenvalue weighted by atomic mass is 35.5. The van der Waals surface area contributed by atoms with Crippen molar-refractivity contribution in [3.63, 3.8) is 0 Å². The van der Waals surface area contributed by atoms with Gasteiger partial charge >= 0.3 is 5.69 Å². The van der Waals surface area contributed by atoms with E-state index in [9.17, 15) is 15.0 Å². The van der Waals surface area contributed by atoms with Crippen LogP contribution in [0.5, 0.6) is 11.6 Å². The highest BCUT2D eigenvalue weighted by Crippen LogP contribution is 2.16. The number of imidazole rings is 1. The number of aromatic hydroxyl groups is 1. The number of halogens is 1. The van der Waals surface area contributed by atoms with Gasteiger partial charge in [0, 0.05) is 24.7 Å². The fourth-order valence-corrected chi connectivity index (χ4v) is 3.01. The standard InChI is InChI=1S/C21H24ClN3O4/c1-15-4-2-3-5-19(15)29-14-18(26)12-23-10-11-24-20(27)13-25(21(24)28)17-8-6-16(22)7-9-17/h2-9,13,18,23,26-27H,10-12,14H2,1H3. The van der Waals surface area contributed by atoms with E-state index in [-0.39, 0.29) is 24.7 Å². The summed E-state index contributed by atoms with van der Waals surface area (Å²) in [4.78, 5) is 12.5.